The van der Waals surface area contributed by atoms with E-state index in [-0.39, 0.29) is 18.1 Å². The van der Waals surface area contributed by atoms with E-state index < -0.39 is 0 Å². The molecule has 1 aliphatic rings. The number of aromatic nitrogens is 3. The van der Waals surface area contributed by atoms with E-state index in [4.69, 9.17) is 0 Å². The van der Waals surface area contributed by atoms with Crippen LogP contribution in [0.25, 0.3) is 10.9 Å². The number of nitrogens with zero attached hydrogens (tertiary/aromatic N) is 5. The van der Waals surface area contributed by atoms with Gasteiger partial charge in [0.25, 0.3) is 0 Å². The number of piperidine rings is 1. The third-order valence-electron chi connectivity index (χ3n) is 7.30. The van der Waals surface area contributed by atoms with Crippen LogP contribution in [0.5, 0.6) is 0 Å². The summed E-state index contributed by atoms with van der Waals surface area (Å²) in [5.41, 5.74) is 6.02. The van der Waals surface area contributed by atoms with E-state index in [1.165, 1.54) is 5.56 Å². The quantitative estimate of drug-likeness (QED) is 0.396. The molecule has 1 aliphatic heterocycles. The van der Waals surface area contributed by atoms with Crippen molar-refractivity contribution in [3.63, 3.8) is 0 Å². The van der Waals surface area contributed by atoms with Gasteiger partial charge in [-0.2, -0.15) is 0 Å². The van der Waals surface area contributed by atoms with Gasteiger partial charge in [0.2, 0.25) is 0 Å². The Bertz CT molecular complexity index is 1420. The fraction of sp³-hybridized carbons (Fsp3) is 0.367. The molecule has 1 atom stereocenters. The van der Waals surface area contributed by atoms with Gasteiger partial charge in [-0.15, -0.1) is 0 Å². The van der Waals surface area contributed by atoms with Crippen molar-refractivity contribution >= 4 is 16.6 Å². The number of fused-ring (bicyclic) bond motifs is 1. The highest BCUT2D eigenvalue weighted by atomic mass is 16.3. The summed E-state index contributed by atoms with van der Waals surface area (Å²) in [5.74, 6) is 0. The Balaban J connectivity index is 1.49. The number of hydrogen-bond donors (Lipinski definition) is 1. The maximum absolute atomic E-state index is 13.6. The number of anilines is 1. The average molecular weight is 498 g/mol. The predicted octanol–water partition coefficient (Wildman–Crippen LogP) is 4.07. The highest BCUT2D eigenvalue weighted by Gasteiger charge is 2.27. The van der Waals surface area contributed by atoms with Gasteiger partial charge >= 0.3 is 0 Å². The standard InChI is InChI=1S/C30H35N5O2/c1-22-9-10-26(17-32-22)33-13-5-6-27(21-33)35(18-24-11-12-31-23(2)16-24)20-25-19-34(14-15-36)29-8-4-3-7-28(29)30(25)37/h3-4,7-12,16-17,19,27,36H,5-6,13-15,18,20-21H2,1-2H3/t27-/m0/s1. The van der Waals surface area contributed by atoms with Crippen molar-refractivity contribution in [2.45, 2.75) is 52.4 Å². The first kappa shape index (κ1) is 25.1. The largest absolute Gasteiger partial charge is 0.395 e. The Morgan fingerprint density at radius 1 is 1.05 bits per heavy atom. The summed E-state index contributed by atoms with van der Waals surface area (Å²) in [4.78, 5) is 27.3. The first-order valence-corrected chi connectivity index (χ1v) is 13.1. The topological polar surface area (TPSA) is 74.5 Å². The van der Waals surface area contributed by atoms with Crippen LogP contribution in [0.15, 0.2) is 71.9 Å². The highest BCUT2D eigenvalue weighted by Crippen LogP contribution is 2.25. The Hall–Kier alpha value is -3.55. The normalized spacial score (nSPS) is 16.0. The van der Waals surface area contributed by atoms with Crippen LogP contribution in [-0.4, -0.2) is 50.3 Å². The molecule has 0 bridgehead atoms. The van der Waals surface area contributed by atoms with Gasteiger partial charge in [0.15, 0.2) is 5.43 Å². The van der Waals surface area contributed by atoms with Crippen LogP contribution in [0.1, 0.15) is 35.4 Å². The van der Waals surface area contributed by atoms with Crippen molar-refractivity contribution in [2.24, 2.45) is 0 Å². The zero-order chi connectivity index (χ0) is 25.8. The number of aliphatic hydroxyl groups is 1. The molecule has 7 heteroatoms. The number of aliphatic hydroxyl groups excluding tert-OH is 1. The fourth-order valence-corrected chi connectivity index (χ4v) is 5.42. The fourth-order valence-electron chi connectivity index (χ4n) is 5.42. The summed E-state index contributed by atoms with van der Waals surface area (Å²) in [6.45, 7) is 7.66. The van der Waals surface area contributed by atoms with Crippen molar-refractivity contribution in [1.29, 1.82) is 0 Å². The first-order valence-electron chi connectivity index (χ1n) is 13.1. The Morgan fingerprint density at radius 2 is 1.92 bits per heavy atom. The number of benzene rings is 1. The maximum atomic E-state index is 13.6. The molecule has 4 heterocycles. The summed E-state index contributed by atoms with van der Waals surface area (Å²) in [7, 11) is 0. The molecule has 0 radical (unpaired) electrons. The lowest BCUT2D eigenvalue weighted by molar-refractivity contribution is 0.158. The van der Waals surface area contributed by atoms with E-state index in [1.807, 2.05) is 61.3 Å². The molecule has 5 rings (SSSR count). The van der Waals surface area contributed by atoms with Gasteiger partial charge in [0.05, 0.1) is 24.0 Å². The van der Waals surface area contributed by atoms with Crippen LogP contribution in [0.3, 0.4) is 0 Å². The van der Waals surface area contributed by atoms with Crippen LogP contribution in [0.4, 0.5) is 5.69 Å². The highest BCUT2D eigenvalue weighted by molar-refractivity contribution is 5.79. The lowest BCUT2D eigenvalue weighted by atomic mass is 10.0. The lowest BCUT2D eigenvalue weighted by Gasteiger charge is -2.40. The summed E-state index contributed by atoms with van der Waals surface area (Å²) in [5, 5.41) is 10.4. The van der Waals surface area contributed by atoms with Gasteiger partial charge in [-0.3, -0.25) is 19.7 Å². The summed E-state index contributed by atoms with van der Waals surface area (Å²) in [6, 6.07) is 16.4. The third kappa shape index (κ3) is 5.73. The molecule has 3 aromatic heterocycles. The van der Waals surface area contributed by atoms with Crippen LogP contribution >= 0.6 is 0 Å². The average Bonchev–Trinajstić information content (AvgIpc) is 2.91. The van der Waals surface area contributed by atoms with Crippen molar-refractivity contribution < 1.29 is 5.11 Å². The second kappa shape index (κ2) is 11.2. The second-order valence-electron chi connectivity index (χ2n) is 10.0. The Morgan fingerprint density at radius 3 is 2.70 bits per heavy atom. The van der Waals surface area contributed by atoms with Gasteiger partial charge in [-0.25, -0.2) is 0 Å². The minimum Gasteiger partial charge on any atom is -0.395 e. The molecule has 4 aromatic rings. The SMILES string of the molecule is Cc1ccc(N2CCC[C@H](N(Cc3ccnc(C)c3)Cc3cn(CCO)c4ccccc4c3=O)C2)cn1. The van der Waals surface area contributed by atoms with Gasteiger partial charge in [0.1, 0.15) is 0 Å². The molecule has 0 aliphatic carbocycles. The Kier molecular flexibility index (Phi) is 7.63. The molecule has 1 saturated heterocycles. The Labute approximate surface area is 218 Å². The van der Waals surface area contributed by atoms with Crippen molar-refractivity contribution in [1.82, 2.24) is 19.4 Å². The molecule has 1 aromatic carbocycles. The summed E-state index contributed by atoms with van der Waals surface area (Å²) >= 11 is 0. The van der Waals surface area contributed by atoms with Crippen molar-refractivity contribution in [3.05, 3.63) is 99.9 Å². The van der Waals surface area contributed by atoms with Crippen LogP contribution in [-0.2, 0) is 19.6 Å². The molecule has 0 amide bonds. The monoisotopic (exact) mass is 497 g/mol. The molecule has 0 unspecified atom stereocenters. The number of rotatable bonds is 8. The molecular weight excluding hydrogens is 462 g/mol. The molecule has 0 saturated carbocycles. The summed E-state index contributed by atoms with van der Waals surface area (Å²) < 4.78 is 2.01. The maximum Gasteiger partial charge on any atom is 0.193 e. The van der Waals surface area contributed by atoms with Gasteiger partial charge < -0.3 is 14.6 Å². The number of para-hydroxylation sites is 1. The number of pyridine rings is 3. The number of hydrogen-bond acceptors (Lipinski definition) is 6. The molecular formula is C30H35N5O2. The minimum absolute atomic E-state index is 0.0223. The van der Waals surface area contributed by atoms with Crippen LogP contribution in [0, 0.1) is 13.8 Å². The molecule has 192 valence electrons. The number of aryl methyl sites for hydroxylation is 2. The molecule has 1 N–H and O–H groups in total. The van der Waals surface area contributed by atoms with E-state index >= 15 is 0 Å². The molecule has 37 heavy (non-hydrogen) atoms. The minimum atomic E-state index is 0.0223. The van der Waals surface area contributed by atoms with Gasteiger partial charge in [-0.05, 0) is 68.7 Å². The smallest absolute Gasteiger partial charge is 0.193 e. The van der Waals surface area contributed by atoms with E-state index in [1.54, 1.807) is 0 Å². The van der Waals surface area contributed by atoms with Gasteiger partial charge in [0, 0.05) is 73.5 Å². The zero-order valence-electron chi connectivity index (χ0n) is 21.7. The van der Waals surface area contributed by atoms with Crippen LogP contribution in [0.2, 0.25) is 0 Å². The predicted molar refractivity (Wildman–Crippen MR) is 148 cm³/mol. The van der Waals surface area contributed by atoms with E-state index in [9.17, 15) is 9.90 Å². The van der Waals surface area contributed by atoms with Gasteiger partial charge in [-0.1, -0.05) is 12.1 Å². The lowest BCUT2D eigenvalue weighted by Crippen LogP contribution is -2.48. The van der Waals surface area contributed by atoms with Crippen molar-refractivity contribution in [3.8, 4) is 0 Å². The molecule has 0 spiro atoms. The zero-order valence-corrected chi connectivity index (χ0v) is 21.7. The molecule has 1 fully saturated rings. The van der Waals surface area contributed by atoms with E-state index in [0.29, 0.717) is 18.5 Å². The second-order valence-corrected chi connectivity index (χ2v) is 10.0. The summed E-state index contributed by atoms with van der Waals surface area (Å²) in [6.07, 6.45) is 7.91. The van der Waals surface area contributed by atoms with Crippen LogP contribution < -0.4 is 10.3 Å². The van der Waals surface area contributed by atoms with Crippen molar-refractivity contribution in [2.75, 3.05) is 24.6 Å². The third-order valence-corrected chi connectivity index (χ3v) is 7.30. The first-order chi connectivity index (χ1) is 18.0. The molecule has 7 nitrogen and oxygen atoms in total. The van der Waals surface area contributed by atoms with E-state index in [0.717, 1.165) is 60.6 Å². The van der Waals surface area contributed by atoms with E-state index in [2.05, 4.69) is 44.0 Å².